The van der Waals surface area contributed by atoms with Crippen molar-refractivity contribution in [1.29, 1.82) is 0 Å². The predicted octanol–water partition coefficient (Wildman–Crippen LogP) is 5.24. The van der Waals surface area contributed by atoms with Crippen molar-refractivity contribution in [2.45, 2.75) is 65.7 Å². The molecule has 1 amide bonds. The van der Waals surface area contributed by atoms with Crippen LogP contribution < -0.4 is 5.73 Å². The number of rotatable bonds is 3. The average molecular weight is 553 g/mol. The summed E-state index contributed by atoms with van der Waals surface area (Å²) >= 11 is 0. The predicted molar refractivity (Wildman–Crippen MR) is 159 cm³/mol. The fraction of sp³-hybridized carbons (Fsp3) is 0.355. The van der Waals surface area contributed by atoms with E-state index in [0.29, 0.717) is 5.82 Å². The molecule has 3 N–H and O–H groups in total. The highest BCUT2D eigenvalue weighted by atomic mass is 16.5. The summed E-state index contributed by atoms with van der Waals surface area (Å²) in [6, 6.07) is 8.96. The van der Waals surface area contributed by atoms with Crippen LogP contribution in [0.3, 0.4) is 0 Å². The first kappa shape index (κ1) is 29.2. The third-order valence-corrected chi connectivity index (χ3v) is 7.11. The Bertz CT molecular complexity index is 1720. The molecule has 4 heterocycles. The second kappa shape index (κ2) is 11.8. The van der Waals surface area contributed by atoms with Crippen LogP contribution in [0.4, 0.5) is 0 Å². The summed E-state index contributed by atoms with van der Waals surface area (Å²) in [7, 11) is 1.96. The summed E-state index contributed by atoms with van der Waals surface area (Å²) in [6.45, 7) is 9.85. The zero-order valence-corrected chi connectivity index (χ0v) is 24.4. The molecule has 0 aliphatic heterocycles. The Morgan fingerprint density at radius 1 is 1.07 bits per heavy atom. The number of aromatic nitrogens is 7. The Hall–Kier alpha value is -4.78. The summed E-state index contributed by atoms with van der Waals surface area (Å²) in [4.78, 5) is 27.2. The molecule has 0 bridgehead atoms. The van der Waals surface area contributed by atoms with Gasteiger partial charge in [-0.1, -0.05) is 44.1 Å². The molecule has 10 nitrogen and oxygen atoms in total. The number of hydrogen-bond acceptors (Lipinski definition) is 7. The molecular weight excluding hydrogens is 516 g/mol. The van der Waals surface area contributed by atoms with Crippen LogP contribution in [0, 0.1) is 26.7 Å². The fourth-order valence-corrected chi connectivity index (χ4v) is 4.92. The maximum atomic E-state index is 10.6. The van der Waals surface area contributed by atoms with E-state index >= 15 is 0 Å². The van der Waals surface area contributed by atoms with Gasteiger partial charge >= 0.3 is 11.8 Å². The smallest absolute Gasteiger partial charge is 0.315 e. The van der Waals surface area contributed by atoms with E-state index in [2.05, 4.69) is 73.8 Å². The summed E-state index contributed by atoms with van der Waals surface area (Å²) in [6.07, 6.45) is 14.8. The second-order valence-electron chi connectivity index (χ2n) is 11.0. The molecule has 0 fully saturated rings. The largest absolute Gasteiger partial charge is 0.361 e. The Labute approximate surface area is 239 Å². The number of aromatic amines is 1. The van der Waals surface area contributed by atoms with Crippen LogP contribution in [-0.4, -0.2) is 40.8 Å². The lowest BCUT2D eigenvalue weighted by atomic mass is 9.89. The van der Waals surface area contributed by atoms with Gasteiger partial charge in [0.2, 0.25) is 0 Å². The number of hydrogen-bond donors (Lipinski definition) is 2. The number of benzene rings is 1. The van der Waals surface area contributed by atoms with E-state index in [9.17, 15) is 4.79 Å². The maximum Gasteiger partial charge on any atom is 0.315 e. The zero-order chi connectivity index (χ0) is 29.9. The van der Waals surface area contributed by atoms with Crippen molar-refractivity contribution in [1.82, 2.24) is 34.9 Å². The van der Waals surface area contributed by atoms with Crippen LogP contribution >= 0.6 is 0 Å². The van der Waals surface area contributed by atoms with E-state index in [0.717, 1.165) is 39.5 Å². The molecule has 10 heteroatoms. The van der Waals surface area contributed by atoms with Crippen molar-refractivity contribution in [2.24, 2.45) is 12.8 Å². The molecule has 6 rings (SSSR count). The third kappa shape index (κ3) is 6.04. The van der Waals surface area contributed by atoms with Crippen LogP contribution in [0.15, 0.2) is 35.0 Å². The van der Waals surface area contributed by atoms with E-state index in [1.807, 2.05) is 45.6 Å². The summed E-state index contributed by atoms with van der Waals surface area (Å²) in [5, 5.41) is 8.14. The Kier molecular flexibility index (Phi) is 8.38. The van der Waals surface area contributed by atoms with Gasteiger partial charge in [-0.25, -0.2) is 9.97 Å². The lowest BCUT2D eigenvalue weighted by molar-refractivity contribution is 0.0958. The molecule has 1 aliphatic rings. The van der Waals surface area contributed by atoms with Crippen molar-refractivity contribution in [3.63, 3.8) is 0 Å². The molecule has 0 radical (unpaired) electrons. The number of carbonyl (C=O) groups excluding carboxylic acids is 1. The lowest BCUT2D eigenvalue weighted by Gasteiger charge is -2.16. The van der Waals surface area contributed by atoms with Crippen molar-refractivity contribution in [3.8, 4) is 35.4 Å². The van der Waals surface area contributed by atoms with Gasteiger partial charge in [-0.2, -0.15) is 10.1 Å². The monoisotopic (exact) mass is 552 g/mol. The summed E-state index contributed by atoms with van der Waals surface area (Å²) in [5.41, 5.74) is 15.0. The minimum Gasteiger partial charge on any atom is -0.361 e. The molecule has 212 valence electrons. The Morgan fingerprint density at radius 2 is 1.78 bits per heavy atom. The van der Waals surface area contributed by atoms with Gasteiger partial charge in [0.1, 0.15) is 5.82 Å². The van der Waals surface area contributed by atoms with E-state index < -0.39 is 5.91 Å². The number of amides is 1. The van der Waals surface area contributed by atoms with E-state index in [4.69, 9.17) is 10.7 Å². The Balaban J connectivity index is 0.000000234. The van der Waals surface area contributed by atoms with E-state index in [1.165, 1.54) is 42.4 Å². The van der Waals surface area contributed by atoms with Crippen LogP contribution in [0.25, 0.3) is 33.7 Å². The van der Waals surface area contributed by atoms with E-state index in [-0.39, 0.29) is 11.3 Å². The molecule has 1 aromatic carbocycles. The molecular formula is C31H36N8O2. The number of nitrogens with zero attached hydrogens (tertiary/aromatic N) is 6. The first-order chi connectivity index (χ1) is 19.5. The minimum absolute atomic E-state index is 0.139. The van der Waals surface area contributed by atoms with Gasteiger partial charge in [0, 0.05) is 29.9 Å². The van der Waals surface area contributed by atoms with Crippen LogP contribution in [0.2, 0.25) is 0 Å². The standard InChI is InChI=1S/C22H23N5.C7H11N3O2.C2H2/c1-13-19(14(2)27(3)26-13)21-24-20-18(10-11-23-22(20)25-21)17-9-8-15-6-4-5-7-16(15)12-17;1-7(2,3)6-9-5(4(8)11)12-10-6;1-2/h8-12H,4-7H2,1-3H3,(H,23,24,25);1-3H3,(H2,8,11);1-2H. The molecule has 0 atom stereocenters. The first-order valence-electron chi connectivity index (χ1n) is 13.5. The summed E-state index contributed by atoms with van der Waals surface area (Å²) in [5.74, 6) is 0.486. The average Bonchev–Trinajstić information content (AvgIpc) is 3.67. The number of carbonyl (C=O) groups is 1. The zero-order valence-electron chi connectivity index (χ0n) is 24.4. The topological polar surface area (TPSA) is 141 Å². The summed E-state index contributed by atoms with van der Waals surface area (Å²) < 4.78 is 6.52. The van der Waals surface area contributed by atoms with Crippen molar-refractivity contribution < 1.29 is 9.32 Å². The van der Waals surface area contributed by atoms with Crippen LogP contribution in [0.5, 0.6) is 0 Å². The van der Waals surface area contributed by atoms with Gasteiger partial charge < -0.3 is 15.2 Å². The van der Waals surface area contributed by atoms with Crippen molar-refractivity contribution in [2.75, 3.05) is 0 Å². The molecule has 0 saturated carbocycles. The number of H-pyrrole nitrogens is 1. The minimum atomic E-state index is -0.696. The highest BCUT2D eigenvalue weighted by molar-refractivity contribution is 5.92. The van der Waals surface area contributed by atoms with E-state index in [1.54, 1.807) is 0 Å². The Morgan fingerprint density at radius 3 is 2.37 bits per heavy atom. The van der Waals surface area contributed by atoms with Gasteiger partial charge in [0.15, 0.2) is 11.5 Å². The highest BCUT2D eigenvalue weighted by Crippen LogP contribution is 2.33. The number of primary amides is 1. The SMILES string of the molecule is C#C.CC(C)(C)c1noc(C(N)=O)n1.Cc1nn(C)c(C)c1-c1nc2nccc(-c3ccc4c(c3)CCCC4)c2[nH]1. The molecule has 41 heavy (non-hydrogen) atoms. The number of nitrogens with one attached hydrogen (secondary N) is 1. The number of terminal acetylenes is 1. The number of imidazole rings is 1. The molecule has 0 unspecified atom stereocenters. The van der Waals surface area contributed by atoms with Gasteiger partial charge in [-0.15, -0.1) is 12.8 Å². The molecule has 4 aromatic heterocycles. The molecule has 0 spiro atoms. The van der Waals surface area contributed by atoms with Gasteiger partial charge in [0.25, 0.3) is 0 Å². The second-order valence-corrected chi connectivity index (χ2v) is 11.0. The number of pyridine rings is 1. The number of nitrogens with two attached hydrogens (primary N) is 1. The first-order valence-corrected chi connectivity index (χ1v) is 13.5. The number of aryl methyl sites for hydroxylation is 4. The quantitative estimate of drug-likeness (QED) is 0.292. The normalized spacial score (nSPS) is 12.6. The van der Waals surface area contributed by atoms with Crippen molar-refractivity contribution >= 4 is 17.1 Å². The third-order valence-electron chi connectivity index (χ3n) is 7.11. The van der Waals surface area contributed by atoms with Gasteiger partial charge in [-0.05, 0) is 62.3 Å². The van der Waals surface area contributed by atoms with Gasteiger partial charge in [0.05, 0.1) is 16.8 Å². The maximum absolute atomic E-state index is 10.6. The van der Waals surface area contributed by atoms with Crippen molar-refractivity contribution in [3.05, 3.63) is 64.7 Å². The van der Waals surface area contributed by atoms with Gasteiger partial charge in [-0.3, -0.25) is 9.48 Å². The lowest BCUT2D eigenvalue weighted by Crippen LogP contribution is -2.15. The van der Waals surface area contributed by atoms with Crippen LogP contribution in [0.1, 0.15) is 72.6 Å². The fourth-order valence-electron chi connectivity index (χ4n) is 4.92. The van der Waals surface area contributed by atoms with Crippen LogP contribution in [-0.2, 0) is 25.3 Å². The number of fused-ring (bicyclic) bond motifs is 2. The molecule has 5 aromatic rings. The highest BCUT2D eigenvalue weighted by Gasteiger charge is 2.22. The molecule has 0 saturated heterocycles. The molecule has 1 aliphatic carbocycles.